The molecule has 3 N–H and O–H groups in total. The Bertz CT molecular complexity index is 1300. The smallest absolute Gasteiger partial charge is 0.433 e. The first kappa shape index (κ1) is 26.4. The van der Waals surface area contributed by atoms with Gasteiger partial charge in [0.05, 0.1) is 13.2 Å². The number of alkyl halides is 3. The predicted molar refractivity (Wildman–Crippen MR) is 129 cm³/mol. The molecule has 9 nitrogen and oxygen atoms in total. The Kier molecular flexibility index (Phi) is 7.67. The number of fused-ring (bicyclic) bond motifs is 1. The summed E-state index contributed by atoms with van der Waals surface area (Å²) >= 11 is 0. The number of oxazole rings is 1. The van der Waals surface area contributed by atoms with E-state index in [9.17, 15) is 22.8 Å². The number of piperidine rings is 1. The molecule has 0 spiro atoms. The van der Waals surface area contributed by atoms with Crippen molar-refractivity contribution in [3.05, 3.63) is 41.4 Å². The van der Waals surface area contributed by atoms with Crippen molar-refractivity contribution in [3.8, 4) is 17.2 Å². The number of aromatic nitrogens is 2. The molecule has 198 valence electrons. The van der Waals surface area contributed by atoms with Crippen LogP contribution >= 0.6 is 0 Å². The number of carbonyl (C=O) groups is 2. The highest BCUT2D eigenvalue weighted by Gasteiger charge is 2.33. The Morgan fingerprint density at radius 1 is 1.16 bits per heavy atom. The SMILES string of the molecule is COc1ccc(-c2nc(C(=O)NCCC(=O)N3CCCCC3)c([C@H](C)N)o2)c2ccc(C(F)(F)F)nc12. The summed E-state index contributed by atoms with van der Waals surface area (Å²) in [5.41, 5.74) is 5.17. The van der Waals surface area contributed by atoms with Gasteiger partial charge in [-0.3, -0.25) is 9.59 Å². The molecule has 0 radical (unpaired) electrons. The number of rotatable bonds is 7. The first-order valence-corrected chi connectivity index (χ1v) is 12.0. The third kappa shape index (κ3) is 5.68. The quantitative estimate of drug-likeness (QED) is 0.482. The van der Waals surface area contributed by atoms with E-state index >= 15 is 0 Å². The van der Waals surface area contributed by atoms with Crippen LogP contribution in [0, 0.1) is 0 Å². The van der Waals surface area contributed by atoms with Crippen molar-refractivity contribution in [2.75, 3.05) is 26.7 Å². The zero-order chi connectivity index (χ0) is 26.7. The van der Waals surface area contributed by atoms with Gasteiger partial charge in [0, 0.05) is 37.0 Å². The molecule has 4 rings (SSSR count). The second-order valence-electron chi connectivity index (χ2n) is 8.87. The highest BCUT2D eigenvalue weighted by atomic mass is 19.4. The van der Waals surface area contributed by atoms with Gasteiger partial charge in [-0.25, -0.2) is 9.97 Å². The van der Waals surface area contributed by atoms with E-state index in [0.29, 0.717) is 10.9 Å². The number of nitrogens with zero attached hydrogens (tertiary/aromatic N) is 3. The lowest BCUT2D eigenvalue weighted by Gasteiger charge is -2.26. The summed E-state index contributed by atoms with van der Waals surface area (Å²) in [6, 6.07) is 4.42. The van der Waals surface area contributed by atoms with Gasteiger partial charge in [0.1, 0.15) is 17.0 Å². The van der Waals surface area contributed by atoms with E-state index in [0.717, 1.165) is 38.4 Å². The van der Waals surface area contributed by atoms with Gasteiger partial charge in [-0.15, -0.1) is 0 Å². The van der Waals surface area contributed by atoms with E-state index in [1.54, 1.807) is 17.9 Å². The molecule has 0 unspecified atom stereocenters. The second kappa shape index (κ2) is 10.8. The molecule has 1 aliphatic rings. The van der Waals surface area contributed by atoms with E-state index in [2.05, 4.69) is 15.3 Å². The Balaban J connectivity index is 1.60. The lowest BCUT2D eigenvalue weighted by molar-refractivity contribution is -0.141. The standard InChI is InChI=1S/C25H28F3N5O4/c1-14(29)22-21(23(35)30-11-10-19(34)33-12-4-3-5-13-33)32-24(37-22)16-6-8-17(36-2)20-15(16)7-9-18(31-20)25(26,27)28/h6-9,14H,3-5,10-13,29H2,1-2H3,(H,30,35)/t14-/m0/s1. The van der Waals surface area contributed by atoms with Crippen molar-refractivity contribution in [2.24, 2.45) is 5.73 Å². The maximum absolute atomic E-state index is 13.3. The van der Waals surface area contributed by atoms with Crippen LogP contribution in [0.3, 0.4) is 0 Å². The van der Waals surface area contributed by atoms with E-state index in [1.807, 2.05) is 0 Å². The number of methoxy groups -OCH3 is 1. The second-order valence-corrected chi connectivity index (χ2v) is 8.87. The third-order valence-corrected chi connectivity index (χ3v) is 6.18. The summed E-state index contributed by atoms with van der Waals surface area (Å²) in [6.07, 6.45) is -1.42. The van der Waals surface area contributed by atoms with Gasteiger partial charge >= 0.3 is 6.18 Å². The molecular weight excluding hydrogens is 491 g/mol. The monoisotopic (exact) mass is 519 g/mol. The fourth-order valence-electron chi connectivity index (χ4n) is 4.29. The van der Waals surface area contributed by atoms with Crippen LogP contribution in [0.1, 0.15) is 60.6 Å². The van der Waals surface area contributed by atoms with Gasteiger partial charge < -0.3 is 25.1 Å². The topological polar surface area (TPSA) is 124 Å². The van der Waals surface area contributed by atoms with Crippen molar-refractivity contribution in [1.82, 2.24) is 20.2 Å². The summed E-state index contributed by atoms with van der Waals surface area (Å²) in [5.74, 6) is -0.345. The molecular formula is C25H28F3N5O4. The number of likely N-dealkylation sites (tertiary alicyclic amines) is 1. The van der Waals surface area contributed by atoms with Crippen LogP contribution in [0.2, 0.25) is 0 Å². The van der Waals surface area contributed by atoms with Crippen molar-refractivity contribution < 1.29 is 31.9 Å². The number of ether oxygens (including phenoxy) is 1. The van der Waals surface area contributed by atoms with Crippen LogP contribution in [0.25, 0.3) is 22.4 Å². The number of amides is 2. The Morgan fingerprint density at radius 3 is 2.54 bits per heavy atom. The highest BCUT2D eigenvalue weighted by molar-refractivity contribution is 5.98. The number of nitrogens with two attached hydrogens (primary N) is 1. The molecule has 1 fully saturated rings. The van der Waals surface area contributed by atoms with E-state index in [-0.39, 0.29) is 47.5 Å². The first-order valence-electron chi connectivity index (χ1n) is 12.0. The number of pyridine rings is 1. The fourth-order valence-corrected chi connectivity index (χ4v) is 4.29. The van der Waals surface area contributed by atoms with Crippen molar-refractivity contribution in [3.63, 3.8) is 0 Å². The summed E-state index contributed by atoms with van der Waals surface area (Å²) < 4.78 is 50.8. The maximum atomic E-state index is 13.3. The van der Waals surface area contributed by atoms with Gasteiger partial charge in [-0.05, 0) is 50.5 Å². The largest absolute Gasteiger partial charge is 0.494 e. The van der Waals surface area contributed by atoms with Crippen LogP contribution in [-0.2, 0) is 11.0 Å². The van der Waals surface area contributed by atoms with Crippen molar-refractivity contribution in [1.29, 1.82) is 0 Å². The zero-order valence-electron chi connectivity index (χ0n) is 20.5. The van der Waals surface area contributed by atoms with E-state index in [4.69, 9.17) is 14.9 Å². The number of benzene rings is 1. The number of hydrogen-bond donors (Lipinski definition) is 2. The van der Waals surface area contributed by atoms with Crippen molar-refractivity contribution in [2.45, 2.75) is 44.8 Å². The van der Waals surface area contributed by atoms with Crippen LogP contribution in [0.4, 0.5) is 13.2 Å². The summed E-state index contributed by atoms with van der Waals surface area (Å²) in [4.78, 5) is 35.2. The normalized spacial score (nSPS) is 15.0. The van der Waals surface area contributed by atoms with Gasteiger partial charge in [-0.1, -0.05) is 0 Å². The Hall–Kier alpha value is -3.67. The minimum Gasteiger partial charge on any atom is -0.494 e. The predicted octanol–water partition coefficient (Wildman–Crippen LogP) is 4.07. The molecule has 0 aliphatic carbocycles. The first-order chi connectivity index (χ1) is 17.6. The molecule has 3 heterocycles. The average Bonchev–Trinajstić information content (AvgIpc) is 3.33. The lowest BCUT2D eigenvalue weighted by Crippen LogP contribution is -2.38. The summed E-state index contributed by atoms with van der Waals surface area (Å²) in [5, 5.41) is 2.98. The molecule has 0 bridgehead atoms. The van der Waals surface area contributed by atoms with E-state index in [1.165, 1.54) is 19.2 Å². The lowest BCUT2D eigenvalue weighted by atomic mass is 10.1. The molecule has 37 heavy (non-hydrogen) atoms. The zero-order valence-corrected chi connectivity index (χ0v) is 20.5. The number of halogens is 3. The van der Waals surface area contributed by atoms with Gasteiger partial charge in [0.2, 0.25) is 11.8 Å². The van der Waals surface area contributed by atoms with Crippen LogP contribution in [0.5, 0.6) is 5.75 Å². The maximum Gasteiger partial charge on any atom is 0.433 e. The van der Waals surface area contributed by atoms with Gasteiger partial charge in [-0.2, -0.15) is 13.2 Å². The average molecular weight is 520 g/mol. The molecule has 1 aromatic carbocycles. The van der Waals surface area contributed by atoms with Gasteiger partial charge in [0.15, 0.2) is 11.5 Å². The molecule has 12 heteroatoms. The molecule has 2 aromatic heterocycles. The molecule has 3 aromatic rings. The van der Waals surface area contributed by atoms with Gasteiger partial charge in [0.25, 0.3) is 5.91 Å². The molecule has 1 aliphatic heterocycles. The number of nitrogens with one attached hydrogen (secondary N) is 1. The third-order valence-electron chi connectivity index (χ3n) is 6.18. The Morgan fingerprint density at radius 2 is 1.89 bits per heavy atom. The van der Waals surface area contributed by atoms with E-state index < -0.39 is 23.8 Å². The fraction of sp³-hybridized carbons (Fsp3) is 0.440. The number of hydrogen-bond acceptors (Lipinski definition) is 7. The summed E-state index contributed by atoms with van der Waals surface area (Å²) in [6.45, 7) is 3.18. The molecule has 0 saturated carbocycles. The number of carbonyl (C=O) groups excluding carboxylic acids is 2. The highest BCUT2D eigenvalue weighted by Crippen LogP contribution is 2.37. The van der Waals surface area contributed by atoms with Crippen LogP contribution in [0.15, 0.2) is 28.7 Å². The molecule has 2 amide bonds. The minimum atomic E-state index is -4.64. The summed E-state index contributed by atoms with van der Waals surface area (Å²) in [7, 11) is 1.33. The molecule has 1 atom stereocenters. The van der Waals surface area contributed by atoms with Crippen molar-refractivity contribution >= 4 is 22.7 Å². The molecule has 1 saturated heterocycles. The van der Waals surface area contributed by atoms with Crippen LogP contribution < -0.4 is 15.8 Å². The minimum absolute atomic E-state index is 0.00365. The Labute approximate surface area is 211 Å². The van der Waals surface area contributed by atoms with Crippen LogP contribution in [-0.4, -0.2) is 53.4 Å².